The van der Waals surface area contributed by atoms with Crippen molar-refractivity contribution in [3.8, 4) is 0 Å². The normalized spacial score (nSPS) is 14.1. The minimum atomic E-state index is -1.21. The lowest BCUT2D eigenvalue weighted by Gasteiger charge is -2.30. The number of carbonyl (C=O) groups is 2. The number of nitrogens with one attached hydrogen (secondary N) is 1. The number of halogens is 2. The van der Waals surface area contributed by atoms with Gasteiger partial charge in [-0.3, -0.25) is 4.79 Å². The number of esters is 1. The number of amides is 1. The Balaban J connectivity index is 2.04. The van der Waals surface area contributed by atoms with Crippen molar-refractivity contribution in [1.29, 1.82) is 0 Å². The molecule has 0 spiro atoms. The van der Waals surface area contributed by atoms with Crippen LogP contribution in [-0.4, -0.2) is 29.8 Å². The molecule has 2 atom stereocenters. The van der Waals surface area contributed by atoms with E-state index in [0.717, 1.165) is 14.5 Å². The maximum atomic E-state index is 12.3. The maximum Gasteiger partial charge on any atom is 0.405 e. The third-order valence-electron chi connectivity index (χ3n) is 4.04. The van der Waals surface area contributed by atoms with Crippen molar-refractivity contribution >= 4 is 43.9 Å². The summed E-state index contributed by atoms with van der Waals surface area (Å²) < 4.78 is 7.14. The highest BCUT2D eigenvalue weighted by Gasteiger charge is 2.31. The van der Waals surface area contributed by atoms with Crippen LogP contribution in [0.25, 0.3) is 0 Å². The van der Waals surface area contributed by atoms with Gasteiger partial charge in [0.2, 0.25) is 0 Å². The summed E-state index contributed by atoms with van der Waals surface area (Å²) >= 11 is 6.69. The SMILES string of the molecule is C[C@@](COC(=O)[C@H](N)Cc1ccc(Br)cc1)(NC(=O)O)c1ccc(Br)cc1. The Morgan fingerprint density at radius 3 is 2.15 bits per heavy atom. The van der Waals surface area contributed by atoms with Crippen LogP contribution in [0.1, 0.15) is 18.1 Å². The topological polar surface area (TPSA) is 102 Å². The molecule has 0 heterocycles. The maximum absolute atomic E-state index is 12.3. The highest BCUT2D eigenvalue weighted by atomic mass is 79.9. The van der Waals surface area contributed by atoms with Gasteiger partial charge in [0.1, 0.15) is 12.6 Å². The zero-order chi connectivity index (χ0) is 20.0. The van der Waals surface area contributed by atoms with E-state index in [4.69, 9.17) is 15.6 Å². The number of carbonyl (C=O) groups excluding carboxylic acids is 1. The second-order valence-corrected chi connectivity index (χ2v) is 8.15. The largest absolute Gasteiger partial charge is 0.465 e. The highest BCUT2D eigenvalue weighted by Crippen LogP contribution is 2.24. The lowest BCUT2D eigenvalue weighted by atomic mass is 9.93. The summed E-state index contributed by atoms with van der Waals surface area (Å²) in [5, 5.41) is 11.6. The predicted octanol–water partition coefficient (Wildman–Crippen LogP) is 3.81. The van der Waals surface area contributed by atoms with E-state index >= 15 is 0 Å². The molecule has 8 heteroatoms. The first kappa shape index (κ1) is 21.4. The molecular weight excluding hydrogens is 480 g/mol. The number of nitrogens with two attached hydrogens (primary N) is 1. The summed E-state index contributed by atoms with van der Waals surface area (Å²) in [7, 11) is 0. The van der Waals surface area contributed by atoms with Crippen LogP contribution in [0.3, 0.4) is 0 Å². The molecule has 0 saturated heterocycles. The minimum absolute atomic E-state index is 0.173. The predicted molar refractivity (Wildman–Crippen MR) is 109 cm³/mol. The summed E-state index contributed by atoms with van der Waals surface area (Å²) in [6.45, 7) is 1.48. The van der Waals surface area contributed by atoms with Crippen LogP contribution in [0.5, 0.6) is 0 Å². The van der Waals surface area contributed by atoms with Crippen LogP contribution in [0, 0.1) is 0 Å². The summed E-state index contributed by atoms with van der Waals surface area (Å²) in [4.78, 5) is 23.5. The van der Waals surface area contributed by atoms with Gasteiger partial charge in [-0.1, -0.05) is 56.1 Å². The van der Waals surface area contributed by atoms with Crippen LogP contribution in [0.4, 0.5) is 4.79 Å². The summed E-state index contributed by atoms with van der Waals surface area (Å²) in [5.41, 5.74) is 6.42. The average Bonchev–Trinajstić information content (AvgIpc) is 2.61. The second kappa shape index (κ2) is 9.34. The number of ether oxygens (including phenoxy) is 1. The Labute approximate surface area is 174 Å². The molecule has 27 heavy (non-hydrogen) atoms. The molecule has 0 fully saturated rings. The lowest BCUT2D eigenvalue weighted by molar-refractivity contribution is -0.147. The van der Waals surface area contributed by atoms with E-state index in [9.17, 15) is 9.59 Å². The molecule has 0 aliphatic carbocycles. The smallest absolute Gasteiger partial charge is 0.405 e. The fourth-order valence-electron chi connectivity index (χ4n) is 2.53. The van der Waals surface area contributed by atoms with Crippen LogP contribution in [0.2, 0.25) is 0 Å². The Bertz CT molecular complexity index is 796. The quantitative estimate of drug-likeness (QED) is 0.503. The first-order chi connectivity index (χ1) is 12.7. The molecule has 2 aromatic rings. The van der Waals surface area contributed by atoms with Crippen molar-refractivity contribution in [2.75, 3.05) is 6.61 Å². The van der Waals surface area contributed by atoms with Crippen molar-refractivity contribution in [1.82, 2.24) is 5.32 Å². The Kier molecular flexibility index (Phi) is 7.41. The van der Waals surface area contributed by atoms with Gasteiger partial charge in [-0.15, -0.1) is 0 Å². The van der Waals surface area contributed by atoms with Crippen molar-refractivity contribution in [3.05, 3.63) is 68.6 Å². The second-order valence-electron chi connectivity index (χ2n) is 6.31. The monoisotopic (exact) mass is 498 g/mol. The summed E-state index contributed by atoms with van der Waals surface area (Å²) in [5.74, 6) is -0.589. The first-order valence-corrected chi connectivity index (χ1v) is 9.72. The molecule has 0 bridgehead atoms. The van der Waals surface area contributed by atoms with Crippen LogP contribution in [0.15, 0.2) is 57.5 Å². The molecule has 144 valence electrons. The number of hydrogen-bond acceptors (Lipinski definition) is 4. The summed E-state index contributed by atoms with van der Waals surface area (Å²) in [6, 6.07) is 13.7. The molecule has 0 aliphatic rings. The zero-order valence-corrected chi connectivity index (χ0v) is 17.8. The number of carboxylic acid groups (broad SMARTS) is 1. The van der Waals surface area contributed by atoms with Crippen LogP contribution < -0.4 is 11.1 Å². The number of benzene rings is 2. The Morgan fingerprint density at radius 1 is 1.11 bits per heavy atom. The van der Waals surface area contributed by atoms with E-state index in [0.29, 0.717) is 12.0 Å². The molecule has 0 aromatic heterocycles. The van der Waals surface area contributed by atoms with E-state index in [-0.39, 0.29) is 6.61 Å². The molecular formula is C19H20Br2N2O4. The van der Waals surface area contributed by atoms with Gasteiger partial charge in [0.05, 0.1) is 5.54 Å². The van der Waals surface area contributed by atoms with Crippen molar-refractivity contribution in [3.63, 3.8) is 0 Å². The van der Waals surface area contributed by atoms with Gasteiger partial charge >= 0.3 is 12.1 Å². The molecule has 0 aliphatic heterocycles. The van der Waals surface area contributed by atoms with Gasteiger partial charge in [-0.25, -0.2) is 4.79 Å². The summed E-state index contributed by atoms with van der Waals surface area (Å²) in [6.07, 6.45) is -0.886. The first-order valence-electron chi connectivity index (χ1n) is 8.13. The molecule has 0 unspecified atom stereocenters. The fraction of sp³-hybridized carbons (Fsp3) is 0.263. The van der Waals surface area contributed by atoms with E-state index in [1.54, 1.807) is 31.2 Å². The standard InChI is InChI=1S/C19H20Br2N2O4/c1-19(23-18(25)26,13-4-8-15(21)9-5-13)11-27-17(24)16(22)10-12-2-6-14(20)7-3-12/h2-9,16,23H,10-11,22H2,1H3,(H,25,26)/t16-,19+/m1/s1. The van der Waals surface area contributed by atoms with Crippen LogP contribution >= 0.6 is 31.9 Å². The lowest BCUT2D eigenvalue weighted by Crippen LogP contribution is -2.48. The average molecular weight is 500 g/mol. The van der Waals surface area contributed by atoms with E-state index < -0.39 is 23.6 Å². The van der Waals surface area contributed by atoms with E-state index in [1.165, 1.54) is 0 Å². The third kappa shape index (κ3) is 6.34. The van der Waals surface area contributed by atoms with Gasteiger partial charge in [0, 0.05) is 8.95 Å². The number of rotatable bonds is 7. The third-order valence-corrected chi connectivity index (χ3v) is 5.10. The molecule has 2 aromatic carbocycles. The highest BCUT2D eigenvalue weighted by molar-refractivity contribution is 9.10. The van der Waals surface area contributed by atoms with Gasteiger partial charge in [0.15, 0.2) is 0 Å². The van der Waals surface area contributed by atoms with Gasteiger partial charge < -0.3 is 20.9 Å². The van der Waals surface area contributed by atoms with Crippen molar-refractivity contribution in [2.24, 2.45) is 5.73 Å². The van der Waals surface area contributed by atoms with E-state index in [2.05, 4.69) is 37.2 Å². The van der Waals surface area contributed by atoms with Crippen LogP contribution in [-0.2, 0) is 21.5 Å². The molecule has 2 rings (SSSR count). The molecule has 1 amide bonds. The Morgan fingerprint density at radius 2 is 1.63 bits per heavy atom. The van der Waals surface area contributed by atoms with Gasteiger partial charge in [-0.2, -0.15) is 0 Å². The molecule has 0 saturated carbocycles. The van der Waals surface area contributed by atoms with E-state index in [1.807, 2.05) is 24.3 Å². The van der Waals surface area contributed by atoms with Crippen molar-refractivity contribution < 1.29 is 19.4 Å². The number of hydrogen-bond donors (Lipinski definition) is 3. The molecule has 4 N–H and O–H groups in total. The van der Waals surface area contributed by atoms with Gasteiger partial charge in [-0.05, 0) is 48.7 Å². The zero-order valence-electron chi connectivity index (χ0n) is 14.6. The molecule has 0 radical (unpaired) electrons. The van der Waals surface area contributed by atoms with Gasteiger partial charge in [0.25, 0.3) is 0 Å². The molecule has 6 nitrogen and oxygen atoms in total. The van der Waals surface area contributed by atoms with Crippen molar-refractivity contribution in [2.45, 2.75) is 24.9 Å². The fourth-order valence-corrected chi connectivity index (χ4v) is 3.05. The minimum Gasteiger partial charge on any atom is -0.465 e. The Hall–Kier alpha value is -1.90.